The van der Waals surface area contributed by atoms with Gasteiger partial charge in [-0.05, 0) is 34.5 Å². The molecular formula is C14H16BrN3O. The van der Waals surface area contributed by atoms with Crippen LogP contribution in [0, 0.1) is 0 Å². The summed E-state index contributed by atoms with van der Waals surface area (Å²) < 4.78 is 6.28. The monoisotopic (exact) mass is 321 g/mol. The van der Waals surface area contributed by atoms with Crippen molar-refractivity contribution in [2.45, 2.75) is 13.0 Å². The van der Waals surface area contributed by atoms with Gasteiger partial charge >= 0.3 is 6.01 Å². The summed E-state index contributed by atoms with van der Waals surface area (Å²) in [6.07, 6.45) is 4.28. The molecule has 19 heavy (non-hydrogen) atoms. The van der Waals surface area contributed by atoms with E-state index in [0.29, 0.717) is 12.6 Å². The summed E-state index contributed by atoms with van der Waals surface area (Å²) in [5, 5.41) is 3.37. The molecule has 2 rings (SSSR count). The number of benzene rings is 1. The van der Waals surface area contributed by atoms with Crippen molar-refractivity contribution in [2.24, 2.45) is 0 Å². The maximum absolute atomic E-state index is 5.43. The fourth-order valence-electron chi connectivity index (χ4n) is 1.56. The lowest BCUT2D eigenvalue weighted by atomic mass is 10.2. The van der Waals surface area contributed by atoms with Crippen LogP contribution < -0.4 is 10.1 Å². The highest BCUT2D eigenvalue weighted by molar-refractivity contribution is 9.10. The van der Waals surface area contributed by atoms with Crippen LogP contribution in [0.4, 0.5) is 0 Å². The number of ether oxygens (including phenoxy) is 1. The lowest BCUT2D eigenvalue weighted by Crippen LogP contribution is -2.17. The van der Waals surface area contributed by atoms with Gasteiger partial charge in [-0.15, -0.1) is 0 Å². The van der Waals surface area contributed by atoms with E-state index in [9.17, 15) is 0 Å². The Morgan fingerprint density at radius 1 is 1.11 bits per heavy atom. The normalized spacial score (nSPS) is 10.4. The number of halogens is 1. The molecule has 0 bridgehead atoms. The Bertz CT molecular complexity index is 476. The van der Waals surface area contributed by atoms with Gasteiger partial charge in [-0.25, -0.2) is 9.97 Å². The van der Waals surface area contributed by atoms with Crippen molar-refractivity contribution in [1.29, 1.82) is 0 Å². The zero-order valence-corrected chi connectivity index (χ0v) is 12.1. The van der Waals surface area contributed by atoms with Crippen molar-refractivity contribution in [2.75, 3.05) is 13.2 Å². The lowest BCUT2D eigenvalue weighted by Gasteiger charge is -2.06. The Hall–Kier alpha value is -1.46. The number of rotatable bonds is 7. The highest BCUT2D eigenvalue weighted by Crippen LogP contribution is 2.08. The Balaban J connectivity index is 1.56. The van der Waals surface area contributed by atoms with Crippen LogP contribution in [0.25, 0.3) is 0 Å². The molecule has 100 valence electrons. The van der Waals surface area contributed by atoms with Gasteiger partial charge in [0.2, 0.25) is 0 Å². The molecule has 0 atom stereocenters. The second-order valence-corrected chi connectivity index (χ2v) is 4.96. The minimum atomic E-state index is 0.422. The number of hydrogen-bond donors (Lipinski definition) is 1. The molecule has 0 fully saturated rings. The van der Waals surface area contributed by atoms with Crippen LogP contribution in [-0.4, -0.2) is 23.1 Å². The Morgan fingerprint density at radius 3 is 2.58 bits per heavy atom. The van der Waals surface area contributed by atoms with Crippen LogP contribution in [0.2, 0.25) is 0 Å². The minimum Gasteiger partial charge on any atom is -0.463 e. The zero-order valence-electron chi connectivity index (χ0n) is 10.6. The van der Waals surface area contributed by atoms with Crippen molar-refractivity contribution in [3.8, 4) is 6.01 Å². The molecule has 0 spiro atoms. The summed E-state index contributed by atoms with van der Waals surface area (Å²) in [7, 11) is 0. The van der Waals surface area contributed by atoms with E-state index in [1.807, 2.05) is 18.2 Å². The molecule has 0 radical (unpaired) electrons. The first-order valence-corrected chi connectivity index (χ1v) is 6.99. The highest BCUT2D eigenvalue weighted by atomic mass is 79.9. The van der Waals surface area contributed by atoms with Gasteiger partial charge in [-0.1, -0.05) is 30.3 Å². The van der Waals surface area contributed by atoms with Crippen molar-refractivity contribution in [3.05, 3.63) is 52.8 Å². The average Bonchev–Trinajstić information content (AvgIpc) is 2.46. The van der Waals surface area contributed by atoms with E-state index in [2.05, 4.69) is 43.3 Å². The van der Waals surface area contributed by atoms with Crippen molar-refractivity contribution < 1.29 is 4.74 Å². The van der Waals surface area contributed by atoms with E-state index in [4.69, 9.17) is 4.74 Å². The molecule has 1 N–H and O–H groups in total. The molecule has 0 aliphatic heterocycles. The topological polar surface area (TPSA) is 47.0 Å². The van der Waals surface area contributed by atoms with Gasteiger partial charge in [0.15, 0.2) is 0 Å². The molecule has 1 aromatic carbocycles. The maximum atomic E-state index is 5.43. The number of nitrogens with one attached hydrogen (secondary N) is 1. The molecule has 0 aliphatic rings. The van der Waals surface area contributed by atoms with E-state index >= 15 is 0 Å². The van der Waals surface area contributed by atoms with Gasteiger partial charge in [0.25, 0.3) is 0 Å². The number of hydrogen-bond acceptors (Lipinski definition) is 4. The van der Waals surface area contributed by atoms with Crippen molar-refractivity contribution in [1.82, 2.24) is 15.3 Å². The Labute approximate surface area is 121 Å². The summed E-state index contributed by atoms with van der Waals surface area (Å²) in [6.45, 7) is 2.41. The fraction of sp³-hybridized carbons (Fsp3) is 0.286. The summed E-state index contributed by atoms with van der Waals surface area (Å²) >= 11 is 3.28. The predicted molar refractivity (Wildman–Crippen MR) is 78.0 cm³/mol. The van der Waals surface area contributed by atoms with Crippen LogP contribution in [-0.2, 0) is 6.54 Å². The van der Waals surface area contributed by atoms with Crippen molar-refractivity contribution in [3.63, 3.8) is 0 Å². The van der Waals surface area contributed by atoms with Crippen molar-refractivity contribution >= 4 is 15.9 Å². The Kier molecular flexibility index (Phi) is 5.78. The second-order valence-electron chi connectivity index (χ2n) is 4.05. The van der Waals surface area contributed by atoms with Crippen LogP contribution in [0.1, 0.15) is 12.0 Å². The summed E-state index contributed by atoms with van der Waals surface area (Å²) in [4.78, 5) is 8.09. The van der Waals surface area contributed by atoms with Gasteiger partial charge in [-0.3, -0.25) is 0 Å². The zero-order chi connectivity index (χ0) is 13.3. The molecule has 0 saturated carbocycles. The first-order chi connectivity index (χ1) is 9.34. The van der Waals surface area contributed by atoms with Crippen LogP contribution in [0.5, 0.6) is 6.01 Å². The molecular weight excluding hydrogens is 306 g/mol. The maximum Gasteiger partial charge on any atom is 0.316 e. The van der Waals surface area contributed by atoms with Gasteiger partial charge in [-0.2, -0.15) is 0 Å². The Morgan fingerprint density at radius 2 is 1.84 bits per heavy atom. The largest absolute Gasteiger partial charge is 0.463 e. The average molecular weight is 322 g/mol. The standard InChI is InChI=1S/C14H16BrN3O/c15-13-10-17-14(18-11-13)19-8-4-7-16-9-12-5-2-1-3-6-12/h1-3,5-6,10-11,16H,4,7-9H2. The molecule has 0 aliphatic carbocycles. The molecule has 2 aromatic rings. The van der Waals surface area contributed by atoms with Crippen LogP contribution in [0.3, 0.4) is 0 Å². The number of nitrogens with zero attached hydrogens (tertiary/aromatic N) is 2. The van der Waals surface area contributed by atoms with Crippen LogP contribution >= 0.6 is 15.9 Å². The van der Waals surface area contributed by atoms with E-state index in [1.165, 1.54) is 5.56 Å². The lowest BCUT2D eigenvalue weighted by molar-refractivity contribution is 0.284. The third-order valence-corrected chi connectivity index (χ3v) is 2.91. The predicted octanol–water partition coefficient (Wildman–Crippen LogP) is 2.80. The molecule has 0 amide bonds. The quantitative estimate of drug-likeness (QED) is 0.796. The first kappa shape index (κ1) is 14.0. The molecule has 4 nitrogen and oxygen atoms in total. The smallest absolute Gasteiger partial charge is 0.316 e. The molecule has 1 heterocycles. The summed E-state index contributed by atoms with van der Waals surface area (Å²) in [6, 6.07) is 10.8. The number of aromatic nitrogens is 2. The third-order valence-electron chi connectivity index (χ3n) is 2.50. The van der Waals surface area contributed by atoms with E-state index < -0.39 is 0 Å². The van der Waals surface area contributed by atoms with E-state index in [1.54, 1.807) is 12.4 Å². The second kappa shape index (κ2) is 7.86. The van der Waals surface area contributed by atoms with Gasteiger partial charge < -0.3 is 10.1 Å². The third kappa shape index (κ3) is 5.36. The summed E-state index contributed by atoms with van der Waals surface area (Å²) in [5.41, 5.74) is 1.29. The molecule has 0 unspecified atom stereocenters. The van der Waals surface area contributed by atoms with Gasteiger partial charge in [0.1, 0.15) is 0 Å². The SMILES string of the molecule is Brc1cnc(OCCCNCc2ccccc2)nc1. The van der Waals surface area contributed by atoms with Gasteiger partial charge in [0.05, 0.1) is 11.1 Å². The minimum absolute atomic E-state index is 0.422. The van der Waals surface area contributed by atoms with Crippen LogP contribution in [0.15, 0.2) is 47.2 Å². The van der Waals surface area contributed by atoms with E-state index in [0.717, 1.165) is 24.0 Å². The molecule has 0 saturated heterocycles. The molecule has 5 heteroatoms. The summed E-state index contributed by atoms with van der Waals surface area (Å²) in [5.74, 6) is 0. The van der Waals surface area contributed by atoms with Gasteiger partial charge in [0, 0.05) is 18.9 Å². The van der Waals surface area contributed by atoms with E-state index in [-0.39, 0.29) is 0 Å². The fourth-order valence-corrected chi connectivity index (χ4v) is 1.77. The molecule has 1 aromatic heterocycles. The first-order valence-electron chi connectivity index (χ1n) is 6.19. The highest BCUT2D eigenvalue weighted by Gasteiger charge is 1.97.